The SMILES string of the molecule is CCCCC1(C)C(=O)OC2(C)Nc3ccc(O)cc3C21C. The molecule has 1 aromatic rings. The number of esters is 1. The minimum atomic E-state index is -0.761. The van der Waals surface area contributed by atoms with Crippen LogP contribution >= 0.6 is 0 Å². The number of nitrogens with one attached hydrogen (secondary N) is 1. The molecule has 1 fully saturated rings. The van der Waals surface area contributed by atoms with E-state index < -0.39 is 16.6 Å². The van der Waals surface area contributed by atoms with Crippen LogP contribution in [0.4, 0.5) is 5.69 Å². The van der Waals surface area contributed by atoms with Crippen molar-refractivity contribution >= 4 is 11.7 Å². The van der Waals surface area contributed by atoms with Crippen LogP contribution in [0.15, 0.2) is 18.2 Å². The lowest BCUT2D eigenvalue weighted by atomic mass is 9.58. The fourth-order valence-electron chi connectivity index (χ4n) is 4.03. The maximum absolute atomic E-state index is 12.6. The van der Waals surface area contributed by atoms with Gasteiger partial charge in [0.05, 0.1) is 10.8 Å². The molecule has 3 atom stereocenters. The molecular weight excluding hydrogens is 266 g/mol. The molecule has 2 N–H and O–H groups in total. The molecule has 3 rings (SSSR count). The fraction of sp³-hybridized carbons (Fsp3) is 0.588. The van der Waals surface area contributed by atoms with Crippen LogP contribution in [0.5, 0.6) is 5.75 Å². The van der Waals surface area contributed by atoms with Crippen molar-refractivity contribution in [2.75, 3.05) is 5.32 Å². The third-order valence-corrected chi connectivity index (χ3v) is 5.75. The number of fused-ring (bicyclic) bond motifs is 3. The third-order valence-electron chi connectivity index (χ3n) is 5.75. The molecule has 0 aliphatic carbocycles. The molecule has 2 aliphatic heterocycles. The molecule has 114 valence electrons. The quantitative estimate of drug-likeness (QED) is 0.660. The number of unbranched alkanes of at least 4 members (excludes halogenated alkanes) is 1. The zero-order valence-corrected chi connectivity index (χ0v) is 13.1. The minimum absolute atomic E-state index is 0.151. The molecule has 0 saturated carbocycles. The van der Waals surface area contributed by atoms with Crippen LogP contribution in [0.2, 0.25) is 0 Å². The Morgan fingerprint density at radius 2 is 2.00 bits per heavy atom. The van der Waals surface area contributed by atoms with Crippen molar-refractivity contribution in [3.05, 3.63) is 23.8 Å². The summed E-state index contributed by atoms with van der Waals surface area (Å²) in [6.07, 6.45) is 2.80. The van der Waals surface area contributed by atoms with E-state index in [0.717, 1.165) is 30.5 Å². The van der Waals surface area contributed by atoms with E-state index in [2.05, 4.69) is 19.2 Å². The number of hydrogen-bond acceptors (Lipinski definition) is 4. The zero-order chi connectivity index (χ0) is 15.5. The van der Waals surface area contributed by atoms with Gasteiger partial charge in [-0.25, -0.2) is 0 Å². The van der Waals surface area contributed by atoms with Crippen LogP contribution in [0, 0.1) is 5.41 Å². The van der Waals surface area contributed by atoms with Crippen LogP contribution in [-0.2, 0) is 14.9 Å². The van der Waals surface area contributed by atoms with Gasteiger partial charge in [0, 0.05) is 5.69 Å². The number of aromatic hydroxyl groups is 1. The van der Waals surface area contributed by atoms with E-state index in [1.165, 1.54) is 0 Å². The van der Waals surface area contributed by atoms with Crippen molar-refractivity contribution in [3.63, 3.8) is 0 Å². The normalized spacial score (nSPS) is 36.9. The summed E-state index contributed by atoms with van der Waals surface area (Å²) in [5, 5.41) is 13.2. The summed E-state index contributed by atoms with van der Waals surface area (Å²) in [6.45, 7) is 8.12. The van der Waals surface area contributed by atoms with Gasteiger partial charge in [0.25, 0.3) is 0 Å². The number of phenolic OH excluding ortho intramolecular Hbond substituents is 1. The van der Waals surface area contributed by atoms with Crippen LogP contribution in [0.3, 0.4) is 0 Å². The first kappa shape index (κ1) is 14.2. The zero-order valence-electron chi connectivity index (χ0n) is 13.1. The highest BCUT2D eigenvalue weighted by atomic mass is 16.6. The lowest BCUT2D eigenvalue weighted by molar-refractivity contribution is -0.151. The monoisotopic (exact) mass is 289 g/mol. The summed E-state index contributed by atoms with van der Waals surface area (Å²) in [5.41, 5.74) is 0.0507. The van der Waals surface area contributed by atoms with Crippen LogP contribution in [-0.4, -0.2) is 16.8 Å². The largest absolute Gasteiger partial charge is 0.508 e. The van der Waals surface area contributed by atoms with E-state index in [9.17, 15) is 9.90 Å². The third kappa shape index (κ3) is 1.53. The summed E-state index contributed by atoms with van der Waals surface area (Å²) >= 11 is 0. The predicted molar refractivity (Wildman–Crippen MR) is 81.2 cm³/mol. The molecule has 3 unspecified atom stereocenters. The van der Waals surface area contributed by atoms with Crippen molar-refractivity contribution in [2.45, 2.75) is 58.1 Å². The van der Waals surface area contributed by atoms with Gasteiger partial charge in [-0.15, -0.1) is 0 Å². The number of benzene rings is 1. The van der Waals surface area contributed by atoms with Crippen molar-refractivity contribution in [3.8, 4) is 5.75 Å². The average Bonchev–Trinajstić information content (AvgIpc) is 2.73. The number of rotatable bonds is 3. The van der Waals surface area contributed by atoms with E-state index in [1.807, 2.05) is 19.9 Å². The smallest absolute Gasteiger partial charge is 0.315 e. The number of phenols is 1. The topological polar surface area (TPSA) is 58.6 Å². The summed E-state index contributed by atoms with van der Waals surface area (Å²) in [5.74, 6) is 0.0701. The number of anilines is 1. The van der Waals surface area contributed by atoms with Gasteiger partial charge in [-0.3, -0.25) is 4.79 Å². The standard InChI is InChI=1S/C17H23NO3/c1-5-6-9-15(2)14(20)21-17(4)16(15,3)12-10-11(19)7-8-13(12)18-17/h7-8,10,18-19H,5-6,9H2,1-4H3. The van der Waals surface area contributed by atoms with Gasteiger partial charge in [-0.2, -0.15) is 0 Å². The summed E-state index contributed by atoms with van der Waals surface area (Å²) in [4.78, 5) is 12.6. The molecule has 4 heteroatoms. The van der Waals surface area contributed by atoms with Gasteiger partial charge in [0.1, 0.15) is 5.75 Å². The highest BCUT2D eigenvalue weighted by Crippen LogP contribution is 2.64. The minimum Gasteiger partial charge on any atom is -0.508 e. The highest BCUT2D eigenvalue weighted by molar-refractivity contribution is 5.87. The molecule has 0 aromatic heterocycles. The summed E-state index contributed by atoms with van der Waals surface area (Å²) < 4.78 is 5.78. The molecule has 0 spiro atoms. The second kappa shape index (κ2) is 4.15. The Morgan fingerprint density at radius 1 is 1.29 bits per heavy atom. The van der Waals surface area contributed by atoms with E-state index in [-0.39, 0.29) is 11.7 Å². The molecule has 0 bridgehead atoms. The molecule has 4 nitrogen and oxygen atoms in total. The van der Waals surface area contributed by atoms with Crippen molar-refractivity contribution in [1.29, 1.82) is 0 Å². The first-order chi connectivity index (χ1) is 9.78. The van der Waals surface area contributed by atoms with Gasteiger partial charge in [0.15, 0.2) is 5.72 Å². The second-order valence-corrected chi connectivity index (χ2v) is 6.84. The predicted octanol–water partition coefficient (Wildman–Crippen LogP) is 3.54. The van der Waals surface area contributed by atoms with E-state index in [4.69, 9.17) is 4.74 Å². The molecule has 2 heterocycles. The Kier molecular flexibility index (Phi) is 2.81. The lowest BCUT2D eigenvalue weighted by Gasteiger charge is -2.40. The molecule has 0 radical (unpaired) electrons. The maximum Gasteiger partial charge on any atom is 0.315 e. The van der Waals surface area contributed by atoms with Gasteiger partial charge in [0.2, 0.25) is 0 Å². The Labute approximate surface area is 125 Å². The number of carbonyl (C=O) groups is 1. The number of hydrogen-bond donors (Lipinski definition) is 2. The highest BCUT2D eigenvalue weighted by Gasteiger charge is 2.72. The Hall–Kier alpha value is -1.71. The van der Waals surface area contributed by atoms with E-state index in [0.29, 0.717) is 0 Å². The van der Waals surface area contributed by atoms with Crippen molar-refractivity contribution < 1.29 is 14.6 Å². The molecule has 21 heavy (non-hydrogen) atoms. The lowest BCUT2D eigenvalue weighted by Crippen LogP contribution is -2.51. The Morgan fingerprint density at radius 3 is 2.67 bits per heavy atom. The molecular formula is C17H23NO3. The molecule has 2 aliphatic rings. The number of carbonyl (C=O) groups excluding carboxylic acids is 1. The molecule has 0 amide bonds. The van der Waals surface area contributed by atoms with Crippen LogP contribution in [0.1, 0.15) is 52.5 Å². The summed E-state index contributed by atoms with van der Waals surface area (Å²) in [7, 11) is 0. The first-order valence-corrected chi connectivity index (χ1v) is 7.63. The Bertz CT molecular complexity index is 614. The van der Waals surface area contributed by atoms with Gasteiger partial charge in [-0.05, 0) is 51.0 Å². The Balaban J connectivity index is 2.19. The summed E-state index contributed by atoms with van der Waals surface area (Å²) in [6, 6.07) is 5.28. The second-order valence-electron chi connectivity index (χ2n) is 6.84. The van der Waals surface area contributed by atoms with E-state index >= 15 is 0 Å². The van der Waals surface area contributed by atoms with Crippen molar-refractivity contribution in [1.82, 2.24) is 0 Å². The van der Waals surface area contributed by atoms with Gasteiger partial charge < -0.3 is 15.2 Å². The van der Waals surface area contributed by atoms with Crippen LogP contribution in [0.25, 0.3) is 0 Å². The number of ether oxygens (including phenoxy) is 1. The van der Waals surface area contributed by atoms with Crippen molar-refractivity contribution in [2.24, 2.45) is 5.41 Å². The molecule has 1 aromatic carbocycles. The average molecular weight is 289 g/mol. The fourth-order valence-corrected chi connectivity index (χ4v) is 4.03. The van der Waals surface area contributed by atoms with Gasteiger partial charge >= 0.3 is 5.97 Å². The maximum atomic E-state index is 12.6. The van der Waals surface area contributed by atoms with Gasteiger partial charge in [-0.1, -0.05) is 19.8 Å². The first-order valence-electron chi connectivity index (χ1n) is 7.63. The van der Waals surface area contributed by atoms with E-state index in [1.54, 1.807) is 12.1 Å². The molecule has 1 saturated heterocycles. The van der Waals surface area contributed by atoms with Crippen LogP contribution < -0.4 is 5.32 Å².